The molecule has 0 radical (unpaired) electrons. The van der Waals surface area contributed by atoms with Crippen LogP contribution in [0.3, 0.4) is 0 Å². The third kappa shape index (κ3) is 4.77. The van der Waals surface area contributed by atoms with Gasteiger partial charge in [0, 0.05) is 24.4 Å². The Morgan fingerprint density at radius 2 is 1.86 bits per heavy atom. The van der Waals surface area contributed by atoms with Gasteiger partial charge in [0.25, 0.3) is 5.91 Å². The highest BCUT2D eigenvalue weighted by atomic mass is 16.5. The molecule has 152 valence electrons. The SMILES string of the molecule is COc1ccc(-c2nn(-c3ccccc3)cc2C(=O)NCCC(C)C)c(OC)c1. The molecule has 3 aromatic rings. The molecular formula is C23H27N3O3. The molecule has 1 aromatic heterocycles. The van der Waals surface area contributed by atoms with E-state index in [1.165, 1.54) is 0 Å². The maximum atomic E-state index is 13.0. The number of carbonyl (C=O) groups excluding carboxylic acids is 1. The molecule has 0 unspecified atom stereocenters. The molecule has 1 heterocycles. The van der Waals surface area contributed by atoms with Gasteiger partial charge in [0.2, 0.25) is 0 Å². The maximum Gasteiger partial charge on any atom is 0.255 e. The first-order chi connectivity index (χ1) is 14.0. The van der Waals surface area contributed by atoms with Crippen molar-refractivity contribution in [2.24, 2.45) is 5.92 Å². The van der Waals surface area contributed by atoms with E-state index in [0.29, 0.717) is 35.2 Å². The normalized spacial score (nSPS) is 10.8. The van der Waals surface area contributed by atoms with Crippen LogP contribution in [0.15, 0.2) is 54.7 Å². The average Bonchev–Trinajstić information content (AvgIpc) is 3.19. The van der Waals surface area contributed by atoms with Gasteiger partial charge in [0.1, 0.15) is 17.2 Å². The minimum absolute atomic E-state index is 0.152. The number of hydrogen-bond donors (Lipinski definition) is 1. The average molecular weight is 393 g/mol. The standard InChI is InChI=1S/C23H27N3O3/c1-16(2)12-13-24-23(27)20-15-26(17-8-6-5-7-9-17)25-22(20)19-11-10-18(28-3)14-21(19)29-4/h5-11,14-16H,12-13H2,1-4H3,(H,24,27). The zero-order valence-electron chi connectivity index (χ0n) is 17.3. The quantitative estimate of drug-likeness (QED) is 0.619. The van der Waals surface area contributed by atoms with Crippen molar-refractivity contribution >= 4 is 5.91 Å². The van der Waals surface area contributed by atoms with Crippen molar-refractivity contribution < 1.29 is 14.3 Å². The second-order valence-electron chi connectivity index (χ2n) is 7.18. The molecule has 0 saturated heterocycles. The second kappa shape index (κ2) is 9.28. The van der Waals surface area contributed by atoms with Crippen molar-refractivity contribution in [3.05, 3.63) is 60.3 Å². The highest BCUT2D eigenvalue weighted by molar-refractivity contribution is 6.00. The van der Waals surface area contributed by atoms with Gasteiger partial charge in [0.05, 0.1) is 25.5 Å². The minimum atomic E-state index is -0.152. The Labute approximate surface area is 171 Å². The number of benzene rings is 2. The van der Waals surface area contributed by atoms with E-state index in [9.17, 15) is 4.79 Å². The first-order valence-electron chi connectivity index (χ1n) is 9.69. The number of nitrogens with one attached hydrogen (secondary N) is 1. The van der Waals surface area contributed by atoms with E-state index in [1.54, 1.807) is 31.2 Å². The Balaban J connectivity index is 2.05. The summed E-state index contributed by atoms with van der Waals surface area (Å²) in [7, 11) is 3.20. The van der Waals surface area contributed by atoms with Crippen LogP contribution < -0.4 is 14.8 Å². The van der Waals surface area contributed by atoms with Gasteiger partial charge < -0.3 is 14.8 Å². The third-order valence-corrected chi connectivity index (χ3v) is 4.65. The van der Waals surface area contributed by atoms with Crippen molar-refractivity contribution in [3.8, 4) is 28.4 Å². The lowest BCUT2D eigenvalue weighted by Crippen LogP contribution is -2.25. The molecule has 0 aliphatic carbocycles. The fourth-order valence-electron chi connectivity index (χ4n) is 3.02. The minimum Gasteiger partial charge on any atom is -0.497 e. The number of para-hydroxylation sites is 1. The fraction of sp³-hybridized carbons (Fsp3) is 0.304. The summed E-state index contributed by atoms with van der Waals surface area (Å²) >= 11 is 0. The first kappa shape index (κ1) is 20.5. The maximum absolute atomic E-state index is 13.0. The molecule has 0 atom stereocenters. The highest BCUT2D eigenvalue weighted by Gasteiger charge is 2.21. The number of methoxy groups -OCH3 is 2. The smallest absolute Gasteiger partial charge is 0.255 e. The lowest BCUT2D eigenvalue weighted by molar-refractivity contribution is 0.0952. The van der Waals surface area contributed by atoms with E-state index in [4.69, 9.17) is 14.6 Å². The summed E-state index contributed by atoms with van der Waals surface area (Å²) in [6.45, 7) is 4.88. The number of amides is 1. The monoisotopic (exact) mass is 393 g/mol. The predicted octanol–water partition coefficient (Wildman–Crippen LogP) is 4.33. The van der Waals surface area contributed by atoms with Crippen LogP contribution in [0.25, 0.3) is 16.9 Å². The van der Waals surface area contributed by atoms with Gasteiger partial charge in [-0.25, -0.2) is 4.68 Å². The summed E-state index contributed by atoms with van der Waals surface area (Å²) in [6.07, 6.45) is 2.68. The van der Waals surface area contributed by atoms with Crippen molar-refractivity contribution in [3.63, 3.8) is 0 Å². The Kier molecular flexibility index (Phi) is 6.54. The molecule has 1 amide bonds. The van der Waals surface area contributed by atoms with Gasteiger partial charge in [-0.2, -0.15) is 5.10 Å². The van der Waals surface area contributed by atoms with E-state index in [2.05, 4.69) is 19.2 Å². The third-order valence-electron chi connectivity index (χ3n) is 4.65. The summed E-state index contributed by atoms with van der Waals surface area (Å²) < 4.78 is 12.6. The Morgan fingerprint density at radius 1 is 1.10 bits per heavy atom. The second-order valence-corrected chi connectivity index (χ2v) is 7.18. The first-order valence-corrected chi connectivity index (χ1v) is 9.69. The summed E-state index contributed by atoms with van der Waals surface area (Å²) in [6, 6.07) is 15.2. The highest BCUT2D eigenvalue weighted by Crippen LogP contribution is 2.34. The lowest BCUT2D eigenvalue weighted by atomic mass is 10.1. The molecule has 0 aliphatic rings. The summed E-state index contributed by atoms with van der Waals surface area (Å²) in [5.74, 6) is 1.64. The van der Waals surface area contributed by atoms with Crippen LogP contribution in [-0.4, -0.2) is 36.5 Å². The topological polar surface area (TPSA) is 65.4 Å². The molecule has 2 aromatic carbocycles. The van der Waals surface area contributed by atoms with Gasteiger partial charge in [-0.1, -0.05) is 32.0 Å². The molecule has 0 bridgehead atoms. The van der Waals surface area contributed by atoms with Crippen molar-refractivity contribution in [1.82, 2.24) is 15.1 Å². The summed E-state index contributed by atoms with van der Waals surface area (Å²) in [5.41, 5.74) is 2.68. The van der Waals surface area contributed by atoms with E-state index in [-0.39, 0.29) is 5.91 Å². The zero-order chi connectivity index (χ0) is 20.8. The molecule has 29 heavy (non-hydrogen) atoms. The molecular weight excluding hydrogens is 366 g/mol. The number of hydrogen-bond acceptors (Lipinski definition) is 4. The van der Waals surface area contributed by atoms with Crippen molar-refractivity contribution in [2.45, 2.75) is 20.3 Å². The van der Waals surface area contributed by atoms with Crippen LogP contribution in [-0.2, 0) is 0 Å². The van der Waals surface area contributed by atoms with Crippen LogP contribution in [0.2, 0.25) is 0 Å². The van der Waals surface area contributed by atoms with Crippen LogP contribution >= 0.6 is 0 Å². The Morgan fingerprint density at radius 3 is 2.52 bits per heavy atom. The predicted molar refractivity (Wildman–Crippen MR) is 114 cm³/mol. The van der Waals surface area contributed by atoms with Gasteiger partial charge in [-0.15, -0.1) is 0 Å². The molecule has 0 saturated carbocycles. The van der Waals surface area contributed by atoms with Crippen LogP contribution in [0.5, 0.6) is 11.5 Å². The van der Waals surface area contributed by atoms with E-state index >= 15 is 0 Å². The lowest BCUT2D eigenvalue weighted by Gasteiger charge is -2.11. The molecule has 1 N–H and O–H groups in total. The summed E-state index contributed by atoms with van der Waals surface area (Å²) in [4.78, 5) is 13.0. The number of nitrogens with zero attached hydrogens (tertiary/aromatic N) is 2. The van der Waals surface area contributed by atoms with E-state index in [1.807, 2.05) is 42.5 Å². The van der Waals surface area contributed by atoms with E-state index < -0.39 is 0 Å². The Bertz CT molecular complexity index is 965. The zero-order valence-corrected chi connectivity index (χ0v) is 17.3. The Hall–Kier alpha value is -3.28. The van der Waals surface area contributed by atoms with Gasteiger partial charge in [-0.3, -0.25) is 4.79 Å². The van der Waals surface area contributed by atoms with E-state index in [0.717, 1.165) is 17.7 Å². The van der Waals surface area contributed by atoms with Crippen molar-refractivity contribution in [2.75, 3.05) is 20.8 Å². The van der Waals surface area contributed by atoms with Gasteiger partial charge in [-0.05, 0) is 36.6 Å². The molecule has 3 rings (SSSR count). The van der Waals surface area contributed by atoms with Crippen LogP contribution in [0.4, 0.5) is 0 Å². The summed E-state index contributed by atoms with van der Waals surface area (Å²) in [5, 5.41) is 7.72. The van der Waals surface area contributed by atoms with Gasteiger partial charge >= 0.3 is 0 Å². The van der Waals surface area contributed by atoms with Gasteiger partial charge in [0.15, 0.2) is 0 Å². The number of aromatic nitrogens is 2. The number of carbonyl (C=O) groups is 1. The van der Waals surface area contributed by atoms with Crippen molar-refractivity contribution in [1.29, 1.82) is 0 Å². The largest absolute Gasteiger partial charge is 0.497 e. The molecule has 0 aliphatic heterocycles. The molecule has 6 heteroatoms. The fourth-order valence-corrected chi connectivity index (χ4v) is 3.02. The number of ether oxygens (including phenoxy) is 2. The number of rotatable bonds is 8. The molecule has 0 spiro atoms. The molecule has 0 fully saturated rings. The van der Waals surface area contributed by atoms with Crippen LogP contribution in [0.1, 0.15) is 30.6 Å². The van der Waals surface area contributed by atoms with Crippen LogP contribution in [0, 0.1) is 5.92 Å². The molecule has 6 nitrogen and oxygen atoms in total.